The van der Waals surface area contributed by atoms with Gasteiger partial charge in [-0.3, -0.25) is 0 Å². The molecule has 0 heterocycles. The predicted molar refractivity (Wildman–Crippen MR) is 77.5 cm³/mol. The van der Waals surface area contributed by atoms with Crippen molar-refractivity contribution >= 4 is 33.3 Å². The Bertz CT molecular complexity index is 547. The molecular weight excluding hydrogens is 294 g/mol. The molecule has 0 fully saturated rings. The van der Waals surface area contributed by atoms with E-state index in [-0.39, 0.29) is 6.04 Å². The molecule has 2 rings (SSSR count). The second kappa shape index (κ2) is 5.87. The van der Waals surface area contributed by atoms with Crippen LogP contribution in [0.5, 0.6) is 0 Å². The minimum Gasteiger partial charge on any atom is -0.219 e. The minimum atomic E-state index is -0.0776. The first-order chi connectivity index (χ1) is 8.31. The van der Waals surface area contributed by atoms with Crippen LogP contribution in [0.15, 0.2) is 64.1 Å². The van der Waals surface area contributed by atoms with E-state index in [1.165, 1.54) is 0 Å². The quantitative estimate of drug-likeness (QED) is 0.594. The maximum Gasteiger partial charge on any atom is 0.110 e. The highest BCUT2D eigenvalue weighted by atomic mass is 79.9. The molecule has 0 unspecified atom stereocenters. The van der Waals surface area contributed by atoms with Gasteiger partial charge in [0, 0.05) is 4.47 Å². The standard InChI is InChI=1S/C14H10BrNS/c15-13-8-4-7-12(9-13)14(16-10-17)11-5-2-1-3-6-11/h1-9,14H/t14-/m1/s1. The molecule has 0 N–H and O–H groups in total. The number of hydrogen-bond acceptors (Lipinski definition) is 2. The van der Waals surface area contributed by atoms with Crippen molar-refractivity contribution in [2.75, 3.05) is 0 Å². The van der Waals surface area contributed by atoms with Crippen molar-refractivity contribution in [3.05, 3.63) is 70.2 Å². The average Bonchev–Trinajstić information content (AvgIpc) is 2.37. The Balaban J connectivity index is 2.46. The summed E-state index contributed by atoms with van der Waals surface area (Å²) in [5.74, 6) is 0. The third-order valence-corrected chi connectivity index (χ3v) is 3.06. The number of thiocarbonyl (C=S) groups is 1. The van der Waals surface area contributed by atoms with Crippen LogP contribution in [0.3, 0.4) is 0 Å². The molecule has 0 aliphatic heterocycles. The number of isothiocyanates is 1. The van der Waals surface area contributed by atoms with Gasteiger partial charge in [0.2, 0.25) is 0 Å². The van der Waals surface area contributed by atoms with Gasteiger partial charge in [-0.2, -0.15) is 0 Å². The lowest BCUT2D eigenvalue weighted by Crippen LogP contribution is -1.97. The van der Waals surface area contributed by atoms with E-state index in [2.05, 4.69) is 26.1 Å². The first-order valence-electron chi connectivity index (χ1n) is 5.18. The molecule has 2 aromatic rings. The molecular formula is C14H10BrNS. The van der Waals surface area contributed by atoms with E-state index in [0.717, 1.165) is 15.6 Å². The van der Waals surface area contributed by atoms with Crippen LogP contribution in [0.2, 0.25) is 0 Å². The maximum atomic E-state index is 4.73. The largest absolute Gasteiger partial charge is 0.219 e. The van der Waals surface area contributed by atoms with Crippen molar-refractivity contribution < 1.29 is 0 Å². The third kappa shape index (κ3) is 3.10. The van der Waals surface area contributed by atoms with E-state index in [1.54, 1.807) is 0 Å². The van der Waals surface area contributed by atoms with E-state index < -0.39 is 0 Å². The van der Waals surface area contributed by atoms with Crippen LogP contribution in [0.25, 0.3) is 0 Å². The van der Waals surface area contributed by atoms with Gasteiger partial charge in [-0.1, -0.05) is 58.4 Å². The highest BCUT2D eigenvalue weighted by molar-refractivity contribution is 9.10. The molecule has 0 saturated carbocycles. The Labute approximate surface area is 114 Å². The molecule has 0 bridgehead atoms. The summed E-state index contributed by atoms with van der Waals surface area (Å²) in [5.41, 5.74) is 2.21. The fourth-order valence-electron chi connectivity index (χ4n) is 1.71. The van der Waals surface area contributed by atoms with Gasteiger partial charge in [-0.25, -0.2) is 4.99 Å². The summed E-state index contributed by atoms with van der Waals surface area (Å²) in [7, 11) is 0. The Morgan fingerprint density at radius 3 is 2.35 bits per heavy atom. The number of halogens is 1. The SMILES string of the molecule is S=C=N[C@H](c1ccccc1)c1cccc(Br)c1. The molecule has 1 atom stereocenters. The topological polar surface area (TPSA) is 12.4 Å². The summed E-state index contributed by atoms with van der Waals surface area (Å²) in [6.07, 6.45) is 0. The van der Waals surface area contributed by atoms with Gasteiger partial charge in [0.25, 0.3) is 0 Å². The summed E-state index contributed by atoms with van der Waals surface area (Å²) in [4.78, 5) is 4.25. The van der Waals surface area contributed by atoms with Crippen LogP contribution in [0.4, 0.5) is 0 Å². The van der Waals surface area contributed by atoms with Crippen molar-refractivity contribution in [1.29, 1.82) is 0 Å². The van der Waals surface area contributed by atoms with Crippen LogP contribution >= 0.6 is 28.1 Å². The summed E-state index contributed by atoms with van der Waals surface area (Å²) >= 11 is 8.20. The molecule has 2 aromatic carbocycles. The molecule has 84 valence electrons. The normalized spacial score (nSPS) is 11.6. The van der Waals surface area contributed by atoms with Crippen LogP contribution in [0, 0.1) is 0 Å². The van der Waals surface area contributed by atoms with Crippen molar-refractivity contribution in [3.8, 4) is 0 Å². The van der Waals surface area contributed by atoms with Crippen LogP contribution < -0.4 is 0 Å². The summed E-state index contributed by atoms with van der Waals surface area (Å²) in [5, 5.41) is 2.48. The maximum absolute atomic E-state index is 4.73. The molecule has 0 radical (unpaired) electrons. The number of rotatable bonds is 3. The van der Waals surface area contributed by atoms with Gasteiger partial charge in [-0.05, 0) is 35.5 Å². The molecule has 0 amide bonds. The first-order valence-corrected chi connectivity index (χ1v) is 6.39. The smallest absolute Gasteiger partial charge is 0.110 e. The fourth-order valence-corrected chi connectivity index (χ4v) is 2.23. The van der Waals surface area contributed by atoms with Crippen molar-refractivity contribution in [2.45, 2.75) is 6.04 Å². The lowest BCUT2D eigenvalue weighted by molar-refractivity contribution is 0.880. The number of benzene rings is 2. The van der Waals surface area contributed by atoms with Gasteiger partial charge in [-0.15, -0.1) is 0 Å². The number of hydrogen-bond donors (Lipinski definition) is 0. The van der Waals surface area contributed by atoms with E-state index in [9.17, 15) is 0 Å². The molecule has 0 aromatic heterocycles. The van der Waals surface area contributed by atoms with E-state index >= 15 is 0 Å². The number of aliphatic imine (C=N–C) groups is 1. The summed E-state index contributed by atoms with van der Waals surface area (Å²) < 4.78 is 1.04. The van der Waals surface area contributed by atoms with Crippen molar-refractivity contribution in [1.82, 2.24) is 0 Å². The van der Waals surface area contributed by atoms with Crippen LogP contribution in [0.1, 0.15) is 17.2 Å². The van der Waals surface area contributed by atoms with Crippen molar-refractivity contribution in [2.24, 2.45) is 4.99 Å². The molecule has 0 aliphatic carbocycles. The Kier molecular flexibility index (Phi) is 4.21. The second-order valence-electron chi connectivity index (χ2n) is 3.59. The Morgan fingerprint density at radius 1 is 1.00 bits per heavy atom. The van der Waals surface area contributed by atoms with Gasteiger partial charge >= 0.3 is 0 Å². The van der Waals surface area contributed by atoms with Gasteiger partial charge < -0.3 is 0 Å². The highest BCUT2D eigenvalue weighted by Crippen LogP contribution is 2.27. The zero-order chi connectivity index (χ0) is 12.1. The van der Waals surface area contributed by atoms with Gasteiger partial charge in [0.15, 0.2) is 0 Å². The zero-order valence-corrected chi connectivity index (χ0v) is 11.4. The molecule has 17 heavy (non-hydrogen) atoms. The Morgan fingerprint density at radius 2 is 1.71 bits per heavy atom. The summed E-state index contributed by atoms with van der Waals surface area (Å²) in [6, 6.07) is 18.1. The predicted octanol–water partition coefficient (Wildman–Crippen LogP) is 4.64. The highest BCUT2D eigenvalue weighted by Gasteiger charge is 2.11. The lowest BCUT2D eigenvalue weighted by atomic mass is 10.00. The van der Waals surface area contributed by atoms with Crippen LogP contribution in [-0.4, -0.2) is 5.16 Å². The summed E-state index contributed by atoms with van der Waals surface area (Å²) in [6.45, 7) is 0. The average molecular weight is 304 g/mol. The van der Waals surface area contributed by atoms with E-state index in [1.807, 2.05) is 54.6 Å². The Hall–Kier alpha value is -1.28. The lowest BCUT2D eigenvalue weighted by Gasteiger charge is -2.12. The first kappa shape index (κ1) is 12.2. The van der Waals surface area contributed by atoms with Gasteiger partial charge in [0.05, 0.1) is 5.16 Å². The van der Waals surface area contributed by atoms with Gasteiger partial charge in [0.1, 0.15) is 6.04 Å². The van der Waals surface area contributed by atoms with E-state index in [0.29, 0.717) is 0 Å². The molecule has 1 nitrogen and oxygen atoms in total. The zero-order valence-electron chi connectivity index (χ0n) is 9.01. The molecule has 0 saturated heterocycles. The monoisotopic (exact) mass is 303 g/mol. The van der Waals surface area contributed by atoms with Crippen molar-refractivity contribution in [3.63, 3.8) is 0 Å². The molecule has 3 heteroatoms. The fraction of sp³-hybridized carbons (Fsp3) is 0.0714. The molecule has 0 aliphatic rings. The van der Waals surface area contributed by atoms with E-state index in [4.69, 9.17) is 12.2 Å². The minimum absolute atomic E-state index is 0.0776. The number of nitrogens with zero attached hydrogens (tertiary/aromatic N) is 1. The third-order valence-electron chi connectivity index (χ3n) is 2.46. The second-order valence-corrected chi connectivity index (χ2v) is 4.69. The van der Waals surface area contributed by atoms with Crippen LogP contribution in [-0.2, 0) is 0 Å². The molecule has 0 spiro atoms.